The minimum atomic E-state index is -0.669. The standard InChI is InChI=1S/C63H121NO5/c1-3-5-7-9-11-13-15-17-18-19-20-21-22-23-25-28-32-35-39-43-47-51-55-61(66)60(59-65)64-62(67)56-52-48-44-40-36-33-29-26-24-27-30-34-38-42-46-50-54-58-69-63(68)57-53-49-45-41-37-31-16-14-12-10-8-6-4-2/h8,10,14,16,60-61,65-66H,3-7,9,11-13,15,17-59H2,1-2H3,(H,64,67)/b10-8-,16-14-. The molecular weight excluding hydrogens is 851 g/mol. The molecule has 0 aliphatic heterocycles. The Hall–Kier alpha value is -1.66. The molecule has 3 N–H and O–H groups in total. The van der Waals surface area contributed by atoms with Gasteiger partial charge in [0.25, 0.3) is 0 Å². The Morgan fingerprint density at radius 2 is 0.754 bits per heavy atom. The van der Waals surface area contributed by atoms with E-state index in [0.717, 1.165) is 51.4 Å². The van der Waals surface area contributed by atoms with E-state index >= 15 is 0 Å². The Bertz CT molecular complexity index is 1080. The molecule has 0 spiro atoms. The minimum absolute atomic E-state index is 0.00923. The number of unbranched alkanes of at least 4 members (excludes halogenated alkanes) is 43. The van der Waals surface area contributed by atoms with Crippen molar-refractivity contribution in [2.45, 2.75) is 353 Å². The van der Waals surface area contributed by atoms with Gasteiger partial charge in [0, 0.05) is 12.8 Å². The molecule has 408 valence electrons. The van der Waals surface area contributed by atoms with Crippen molar-refractivity contribution in [3.05, 3.63) is 24.3 Å². The number of nitrogens with one attached hydrogen (secondary N) is 1. The first-order valence-electron chi connectivity index (χ1n) is 31.1. The van der Waals surface area contributed by atoms with Crippen LogP contribution in [-0.4, -0.2) is 47.4 Å². The van der Waals surface area contributed by atoms with Gasteiger partial charge in [0.15, 0.2) is 0 Å². The van der Waals surface area contributed by atoms with Crippen LogP contribution in [0.15, 0.2) is 24.3 Å². The number of ether oxygens (including phenoxy) is 1. The molecule has 0 fully saturated rings. The first-order valence-corrected chi connectivity index (χ1v) is 31.1. The molecule has 6 nitrogen and oxygen atoms in total. The topological polar surface area (TPSA) is 95.9 Å². The maximum absolute atomic E-state index is 12.5. The molecule has 2 unspecified atom stereocenters. The summed E-state index contributed by atoms with van der Waals surface area (Å²) in [7, 11) is 0. The molecule has 0 aliphatic carbocycles. The average molecular weight is 973 g/mol. The zero-order valence-electron chi connectivity index (χ0n) is 46.6. The van der Waals surface area contributed by atoms with Gasteiger partial charge in [0.1, 0.15) is 0 Å². The van der Waals surface area contributed by atoms with E-state index in [0.29, 0.717) is 25.9 Å². The lowest BCUT2D eigenvalue weighted by Crippen LogP contribution is -2.45. The molecule has 6 heteroatoms. The summed E-state index contributed by atoms with van der Waals surface area (Å²) in [5, 5.41) is 23.4. The highest BCUT2D eigenvalue weighted by Crippen LogP contribution is 2.18. The monoisotopic (exact) mass is 972 g/mol. The predicted octanol–water partition coefficient (Wildman–Crippen LogP) is 19.4. The summed E-state index contributed by atoms with van der Waals surface area (Å²) >= 11 is 0. The van der Waals surface area contributed by atoms with Crippen molar-refractivity contribution in [3.8, 4) is 0 Å². The Labute approximate surface area is 431 Å². The molecule has 0 saturated carbocycles. The second kappa shape index (κ2) is 58.9. The van der Waals surface area contributed by atoms with Crippen LogP contribution in [0.1, 0.15) is 341 Å². The minimum Gasteiger partial charge on any atom is -0.466 e. The fourth-order valence-corrected chi connectivity index (χ4v) is 9.74. The number of esters is 1. The van der Waals surface area contributed by atoms with E-state index in [-0.39, 0.29) is 18.5 Å². The Balaban J connectivity index is 3.42. The van der Waals surface area contributed by atoms with Crippen molar-refractivity contribution < 1.29 is 24.5 Å². The fraction of sp³-hybridized carbons (Fsp3) is 0.905. The normalized spacial score (nSPS) is 12.7. The van der Waals surface area contributed by atoms with Gasteiger partial charge in [-0.1, -0.05) is 301 Å². The van der Waals surface area contributed by atoms with E-state index in [1.807, 2.05) is 0 Å². The number of rotatable bonds is 58. The van der Waals surface area contributed by atoms with E-state index in [2.05, 4.69) is 43.5 Å². The third kappa shape index (κ3) is 55.5. The molecule has 0 heterocycles. The smallest absolute Gasteiger partial charge is 0.305 e. The molecular formula is C63H121NO5. The zero-order valence-corrected chi connectivity index (χ0v) is 46.6. The van der Waals surface area contributed by atoms with Crippen molar-refractivity contribution in [2.24, 2.45) is 0 Å². The summed E-state index contributed by atoms with van der Waals surface area (Å²) in [4.78, 5) is 24.5. The lowest BCUT2D eigenvalue weighted by molar-refractivity contribution is -0.143. The molecule has 0 rings (SSSR count). The fourth-order valence-electron chi connectivity index (χ4n) is 9.74. The summed E-state index contributed by atoms with van der Waals surface area (Å²) < 4.78 is 5.46. The van der Waals surface area contributed by atoms with Crippen LogP contribution in [0.5, 0.6) is 0 Å². The van der Waals surface area contributed by atoms with Gasteiger partial charge < -0.3 is 20.3 Å². The molecule has 0 aromatic heterocycles. The van der Waals surface area contributed by atoms with Crippen LogP contribution in [0.4, 0.5) is 0 Å². The molecule has 0 bridgehead atoms. The molecule has 0 saturated heterocycles. The lowest BCUT2D eigenvalue weighted by Gasteiger charge is -2.22. The number of amides is 1. The van der Waals surface area contributed by atoms with E-state index in [9.17, 15) is 19.8 Å². The highest BCUT2D eigenvalue weighted by atomic mass is 16.5. The van der Waals surface area contributed by atoms with Gasteiger partial charge in [0.2, 0.25) is 5.91 Å². The lowest BCUT2D eigenvalue weighted by atomic mass is 10.0. The second-order valence-corrected chi connectivity index (χ2v) is 21.4. The Morgan fingerprint density at radius 1 is 0.406 bits per heavy atom. The van der Waals surface area contributed by atoms with E-state index in [1.54, 1.807) is 0 Å². The van der Waals surface area contributed by atoms with Gasteiger partial charge in [-0.2, -0.15) is 0 Å². The second-order valence-electron chi connectivity index (χ2n) is 21.4. The van der Waals surface area contributed by atoms with Crippen molar-refractivity contribution in [2.75, 3.05) is 13.2 Å². The van der Waals surface area contributed by atoms with Crippen molar-refractivity contribution in [3.63, 3.8) is 0 Å². The van der Waals surface area contributed by atoms with Crippen molar-refractivity contribution in [1.29, 1.82) is 0 Å². The van der Waals surface area contributed by atoms with Gasteiger partial charge in [-0.3, -0.25) is 9.59 Å². The van der Waals surface area contributed by atoms with Crippen LogP contribution in [0.25, 0.3) is 0 Å². The number of aliphatic hydroxyl groups excluding tert-OH is 2. The summed E-state index contributed by atoms with van der Waals surface area (Å²) in [6.45, 7) is 4.90. The maximum Gasteiger partial charge on any atom is 0.305 e. The van der Waals surface area contributed by atoms with Crippen LogP contribution >= 0.6 is 0 Å². The van der Waals surface area contributed by atoms with Gasteiger partial charge >= 0.3 is 5.97 Å². The molecule has 2 atom stereocenters. The third-order valence-electron chi connectivity index (χ3n) is 14.5. The summed E-state index contributed by atoms with van der Waals surface area (Å²) in [6.07, 6.45) is 71.8. The van der Waals surface area contributed by atoms with Gasteiger partial charge in [-0.25, -0.2) is 0 Å². The summed E-state index contributed by atoms with van der Waals surface area (Å²) in [5.74, 6) is -0.0465. The highest BCUT2D eigenvalue weighted by Gasteiger charge is 2.20. The number of carbonyl (C=O) groups excluding carboxylic acids is 2. The Kier molecular flexibility index (Phi) is 57.5. The van der Waals surface area contributed by atoms with Crippen LogP contribution in [0.2, 0.25) is 0 Å². The van der Waals surface area contributed by atoms with E-state index < -0.39 is 12.1 Å². The SMILES string of the molecule is CCC/C=C\C/C=C\CCCCCCCC(=O)OCCCCCCCCCCCCCCCCCCCC(=O)NC(CO)C(O)CCCCCCCCCCCCCCCCCCCCCCCC. The van der Waals surface area contributed by atoms with Gasteiger partial charge in [-0.05, 0) is 51.4 Å². The predicted molar refractivity (Wildman–Crippen MR) is 301 cm³/mol. The highest BCUT2D eigenvalue weighted by molar-refractivity contribution is 5.76. The van der Waals surface area contributed by atoms with E-state index in [4.69, 9.17) is 4.74 Å². The Morgan fingerprint density at radius 3 is 1.16 bits per heavy atom. The largest absolute Gasteiger partial charge is 0.466 e. The summed E-state index contributed by atoms with van der Waals surface area (Å²) in [5.41, 5.74) is 0. The molecule has 0 aromatic carbocycles. The summed E-state index contributed by atoms with van der Waals surface area (Å²) in [6, 6.07) is -0.547. The first-order chi connectivity index (χ1) is 34.0. The van der Waals surface area contributed by atoms with Crippen LogP contribution in [0, 0.1) is 0 Å². The molecule has 0 aromatic rings. The molecule has 0 radical (unpaired) electrons. The number of carbonyl (C=O) groups is 2. The number of hydrogen-bond donors (Lipinski definition) is 3. The quantitative estimate of drug-likeness (QED) is 0.0321. The van der Waals surface area contributed by atoms with Crippen molar-refractivity contribution >= 4 is 11.9 Å². The van der Waals surface area contributed by atoms with Crippen LogP contribution < -0.4 is 5.32 Å². The number of aliphatic hydroxyl groups is 2. The maximum atomic E-state index is 12.5. The average Bonchev–Trinajstić information content (AvgIpc) is 3.35. The number of allylic oxidation sites excluding steroid dienone is 4. The third-order valence-corrected chi connectivity index (χ3v) is 14.5. The first kappa shape index (κ1) is 67.3. The van der Waals surface area contributed by atoms with Gasteiger partial charge in [0.05, 0.1) is 25.4 Å². The molecule has 69 heavy (non-hydrogen) atoms. The zero-order chi connectivity index (χ0) is 50.0. The molecule has 0 aliphatic rings. The van der Waals surface area contributed by atoms with Gasteiger partial charge in [-0.15, -0.1) is 0 Å². The number of hydrogen-bond acceptors (Lipinski definition) is 5. The molecule has 1 amide bonds. The van der Waals surface area contributed by atoms with Crippen LogP contribution in [0.3, 0.4) is 0 Å². The van der Waals surface area contributed by atoms with Crippen molar-refractivity contribution in [1.82, 2.24) is 5.32 Å². The van der Waals surface area contributed by atoms with Crippen LogP contribution in [-0.2, 0) is 14.3 Å². The van der Waals surface area contributed by atoms with E-state index in [1.165, 1.54) is 257 Å².